The second-order valence-corrected chi connectivity index (χ2v) is 5.45. The predicted molar refractivity (Wildman–Crippen MR) is 82.5 cm³/mol. The highest BCUT2D eigenvalue weighted by Gasteiger charge is 2.10. The van der Waals surface area contributed by atoms with Gasteiger partial charge in [0.05, 0.1) is 17.3 Å². The van der Waals surface area contributed by atoms with Gasteiger partial charge in [-0.1, -0.05) is 12.1 Å². The van der Waals surface area contributed by atoms with E-state index in [0.717, 1.165) is 28.3 Å². The molecule has 20 heavy (non-hydrogen) atoms. The maximum absolute atomic E-state index is 5.17. The average molecular weight is 285 g/mol. The van der Waals surface area contributed by atoms with Gasteiger partial charge in [0.2, 0.25) is 0 Å². The number of fused-ring (bicyclic) bond motifs is 1. The first kappa shape index (κ1) is 12.9. The van der Waals surface area contributed by atoms with Crippen LogP contribution in [0.25, 0.3) is 10.2 Å². The van der Waals surface area contributed by atoms with Crippen LogP contribution in [-0.2, 0) is 6.54 Å². The molecule has 4 nitrogen and oxygen atoms in total. The number of hydrogen-bond acceptors (Lipinski definition) is 5. The zero-order valence-corrected chi connectivity index (χ0v) is 12.2. The number of aromatic nitrogens is 2. The van der Waals surface area contributed by atoms with Gasteiger partial charge in [0.15, 0.2) is 0 Å². The number of hydrogen-bond donors (Lipinski definition) is 0. The van der Waals surface area contributed by atoms with Crippen molar-refractivity contribution in [2.45, 2.75) is 6.54 Å². The molecule has 2 heterocycles. The lowest BCUT2D eigenvalue weighted by atomic mass is 10.2. The molecule has 0 amide bonds. The third kappa shape index (κ3) is 2.44. The Hall–Kier alpha value is -2.14. The van der Waals surface area contributed by atoms with Crippen LogP contribution in [-0.4, -0.2) is 24.1 Å². The summed E-state index contributed by atoms with van der Waals surface area (Å²) in [4.78, 5) is 10.8. The van der Waals surface area contributed by atoms with Crippen molar-refractivity contribution in [3.8, 4) is 5.75 Å². The summed E-state index contributed by atoms with van der Waals surface area (Å²) in [5, 5.41) is 2.05. The molecule has 0 unspecified atom stereocenters. The Labute approximate surface area is 121 Å². The van der Waals surface area contributed by atoms with Gasteiger partial charge in [-0.15, -0.1) is 11.3 Å². The van der Waals surface area contributed by atoms with Gasteiger partial charge in [-0.3, -0.25) is 0 Å². The monoisotopic (exact) mass is 285 g/mol. The molecular formula is C15H15N3OS. The van der Waals surface area contributed by atoms with E-state index in [1.807, 2.05) is 30.6 Å². The molecular weight excluding hydrogens is 270 g/mol. The van der Waals surface area contributed by atoms with Gasteiger partial charge in [0, 0.05) is 13.6 Å². The zero-order valence-electron chi connectivity index (χ0n) is 11.4. The van der Waals surface area contributed by atoms with Crippen LogP contribution in [0.15, 0.2) is 42.0 Å². The van der Waals surface area contributed by atoms with E-state index in [-0.39, 0.29) is 0 Å². The van der Waals surface area contributed by atoms with Crippen molar-refractivity contribution >= 4 is 27.4 Å². The molecule has 3 aromatic rings. The Morgan fingerprint density at radius 1 is 1.15 bits per heavy atom. The largest absolute Gasteiger partial charge is 0.497 e. The lowest BCUT2D eigenvalue weighted by Gasteiger charge is -2.18. The molecule has 2 aromatic heterocycles. The van der Waals surface area contributed by atoms with Gasteiger partial charge in [-0.2, -0.15) is 0 Å². The number of rotatable bonds is 4. The smallest absolute Gasteiger partial charge is 0.150 e. The fourth-order valence-electron chi connectivity index (χ4n) is 2.13. The number of thiophene rings is 1. The third-order valence-electron chi connectivity index (χ3n) is 3.16. The summed E-state index contributed by atoms with van der Waals surface area (Å²) in [5.74, 6) is 1.85. The van der Waals surface area contributed by atoms with Crippen molar-refractivity contribution in [2.75, 3.05) is 19.1 Å². The topological polar surface area (TPSA) is 38.2 Å². The fourth-order valence-corrected chi connectivity index (χ4v) is 3.02. The Bertz CT molecular complexity index is 708. The van der Waals surface area contributed by atoms with Gasteiger partial charge in [0.1, 0.15) is 17.9 Å². The van der Waals surface area contributed by atoms with Crippen molar-refractivity contribution < 1.29 is 4.74 Å². The molecule has 0 saturated heterocycles. The minimum absolute atomic E-state index is 0.800. The number of benzene rings is 1. The Morgan fingerprint density at radius 3 is 2.70 bits per heavy atom. The van der Waals surface area contributed by atoms with Crippen molar-refractivity contribution in [3.63, 3.8) is 0 Å². The van der Waals surface area contributed by atoms with Gasteiger partial charge in [-0.25, -0.2) is 9.97 Å². The molecule has 1 aromatic carbocycles. The average Bonchev–Trinajstić information content (AvgIpc) is 2.96. The fraction of sp³-hybridized carbons (Fsp3) is 0.200. The Kier molecular flexibility index (Phi) is 3.52. The van der Waals surface area contributed by atoms with E-state index >= 15 is 0 Å². The van der Waals surface area contributed by atoms with E-state index in [4.69, 9.17) is 4.74 Å². The van der Waals surface area contributed by atoms with E-state index in [1.54, 1.807) is 24.8 Å². The van der Waals surface area contributed by atoms with Crippen molar-refractivity contribution in [1.29, 1.82) is 0 Å². The lowest BCUT2D eigenvalue weighted by Crippen LogP contribution is -2.17. The van der Waals surface area contributed by atoms with E-state index in [0.29, 0.717) is 0 Å². The van der Waals surface area contributed by atoms with Crippen molar-refractivity contribution in [3.05, 3.63) is 47.6 Å². The quantitative estimate of drug-likeness (QED) is 0.737. The van der Waals surface area contributed by atoms with Crippen molar-refractivity contribution in [2.24, 2.45) is 0 Å². The number of anilines is 1. The number of nitrogens with zero attached hydrogens (tertiary/aromatic N) is 3. The van der Waals surface area contributed by atoms with E-state index < -0.39 is 0 Å². The molecule has 0 aliphatic rings. The SMILES string of the molecule is COc1ccc(CN(C)c2ncnc3ccsc23)cc1. The molecule has 0 spiro atoms. The summed E-state index contributed by atoms with van der Waals surface area (Å²) in [6.07, 6.45) is 1.62. The van der Waals surface area contributed by atoms with E-state index in [1.165, 1.54) is 5.56 Å². The molecule has 0 N–H and O–H groups in total. The van der Waals surface area contributed by atoms with Crippen LogP contribution in [0.3, 0.4) is 0 Å². The minimum atomic E-state index is 0.800. The molecule has 0 aliphatic carbocycles. The van der Waals surface area contributed by atoms with Crippen LogP contribution in [0.1, 0.15) is 5.56 Å². The van der Waals surface area contributed by atoms with Crippen LogP contribution < -0.4 is 9.64 Å². The molecule has 0 saturated carbocycles. The standard InChI is InChI=1S/C15H15N3OS/c1-18(9-11-3-5-12(19-2)6-4-11)15-14-13(7-8-20-14)16-10-17-15/h3-8,10H,9H2,1-2H3. The van der Waals surface area contributed by atoms with Crippen molar-refractivity contribution in [1.82, 2.24) is 9.97 Å². The maximum atomic E-state index is 5.17. The lowest BCUT2D eigenvalue weighted by molar-refractivity contribution is 0.414. The molecule has 0 aliphatic heterocycles. The summed E-state index contributed by atoms with van der Waals surface area (Å²) < 4.78 is 6.30. The highest BCUT2D eigenvalue weighted by atomic mass is 32.1. The summed E-state index contributed by atoms with van der Waals surface area (Å²) >= 11 is 1.67. The molecule has 0 fully saturated rings. The van der Waals surface area contributed by atoms with Gasteiger partial charge in [0.25, 0.3) is 0 Å². The third-order valence-corrected chi connectivity index (χ3v) is 4.06. The van der Waals surface area contributed by atoms with Crippen LogP contribution in [0, 0.1) is 0 Å². The zero-order chi connectivity index (χ0) is 13.9. The van der Waals surface area contributed by atoms with Gasteiger partial charge < -0.3 is 9.64 Å². The van der Waals surface area contributed by atoms with E-state index in [2.05, 4.69) is 27.0 Å². The Balaban J connectivity index is 1.84. The maximum Gasteiger partial charge on any atom is 0.150 e. The number of ether oxygens (including phenoxy) is 1. The van der Waals surface area contributed by atoms with Crippen LogP contribution in [0.4, 0.5) is 5.82 Å². The number of methoxy groups -OCH3 is 1. The first-order valence-electron chi connectivity index (χ1n) is 6.30. The summed E-state index contributed by atoms with van der Waals surface area (Å²) in [6, 6.07) is 10.1. The summed E-state index contributed by atoms with van der Waals surface area (Å²) in [5.41, 5.74) is 2.22. The summed E-state index contributed by atoms with van der Waals surface area (Å²) in [6.45, 7) is 0.800. The first-order valence-corrected chi connectivity index (χ1v) is 7.18. The molecule has 3 rings (SSSR count). The second kappa shape index (κ2) is 5.46. The molecule has 5 heteroatoms. The van der Waals surface area contributed by atoms with Crippen LogP contribution in [0.5, 0.6) is 5.75 Å². The highest BCUT2D eigenvalue weighted by Crippen LogP contribution is 2.28. The van der Waals surface area contributed by atoms with Crippen LogP contribution >= 0.6 is 11.3 Å². The van der Waals surface area contributed by atoms with Crippen LogP contribution in [0.2, 0.25) is 0 Å². The minimum Gasteiger partial charge on any atom is -0.497 e. The van der Waals surface area contributed by atoms with Gasteiger partial charge >= 0.3 is 0 Å². The van der Waals surface area contributed by atoms with Gasteiger partial charge in [-0.05, 0) is 29.1 Å². The molecule has 0 bridgehead atoms. The Morgan fingerprint density at radius 2 is 1.95 bits per heavy atom. The molecule has 0 atom stereocenters. The van der Waals surface area contributed by atoms with E-state index in [9.17, 15) is 0 Å². The molecule has 102 valence electrons. The molecule has 0 radical (unpaired) electrons. The normalized spacial score (nSPS) is 10.7. The first-order chi connectivity index (χ1) is 9.78. The predicted octanol–water partition coefficient (Wildman–Crippen LogP) is 3.34. The highest BCUT2D eigenvalue weighted by molar-refractivity contribution is 7.17. The summed E-state index contributed by atoms with van der Waals surface area (Å²) in [7, 11) is 3.72. The second-order valence-electron chi connectivity index (χ2n) is 4.54.